The van der Waals surface area contributed by atoms with Crippen LogP contribution in [0.15, 0.2) is 54.6 Å². The maximum atomic E-state index is 6.08. The van der Waals surface area contributed by atoms with Gasteiger partial charge in [-0.15, -0.1) is 0 Å². The number of hydrogen-bond acceptors (Lipinski definition) is 5. The van der Waals surface area contributed by atoms with Gasteiger partial charge in [0, 0.05) is 35.4 Å². The van der Waals surface area contributed by atoms with Gasteiger partial charge in [-0.2, -0.15) is 0 Å². The molecule has 0 atom stereocenters. The number of anilines is 3. The Kier molecular flexibility index (Phi) is 5.23. The summed E-state index contributed by atoms with van der Waals surface area (Å²) in [5, 5.41) is 4.14. The number of rotatable bonds is 4. The molecule has 1 aliphatic rings. The van der Waals surface area contributed by atoms with Crippen molar-refractivity contribution in [2.24, 2.45) is 0 Å². The molecule has 0 aliphatic carbocycles. The first-order chi connectivity index (χ1) is 13.2. The van der Waals surface area contributed by atoms with Crippen molar-refractivity contribution < 1.29 is 4.74 Å². The highest BCUT2D eigenvalue weighted by Gasteiger charge is 2.16. The molecule has 1 saturated heterocycles. The third kappa shape index (κ3) is 4.21. The fourth-order valence-corrected chi connectivity index (χ4v) is 3.30. The van der Waals surface area contributed by atoms with Gasteiger partial charge in [-0.25, -0.2) is 9.97 Å². The number of nitrogens with one attached hydrogen (secondary N) is 1. The zero-order valence-corrected chi connectivity index (χ0v) is 15.9. The first-order valence-electron chi connectivity index (χ1n) is 8.99. The molecule has 1 aliphatic heterocycles. The van der Waals surface area contributed by atoms with Crippen LogP contribution in [0.3, 0.4) is 0 Å². The normalized spacial score (nSPS) is 14.2. The monoisotopic (exact) mass is 380 g/mol. The summed E-state index contributed by atoms with van der Waals surface area (Å²) in [7, 11) is 0. The molecular formula is C21H21ClN4O. The lowest BCUT2D eigenvalue weighted by molar-refractivity contribution is 0.122. The molecular weight excluding hydrogens is 360 g/mol. The van der Waals surface area contributed by atoms with Crippen LogP contribution in [0.5, 0.6) is 0 Å². The molecule has 138 valence electrons. The van der Waals surface area contributed by atoms with Crippen molar-refractivity contribution in [2.75, 3.05) is 36.5 Å². The molecule has 2 aromatic carbocycles. The summed E-state index contributed by atoms with van der Waals surface area (Å²) in [5.41, 5.74) is 3.03. The molecule has 0 amide bonds. The summed E-state index contributed by atoms with van der Waals surface area (Å²) >= 11 is 6.08. The van der Waals surface area contributed by atoms with E-state index in [9.17, 15) is 0 Å². The maximum absolute atomic E-state index is 6.08. The first-order valence-corrected chi connectivity index (χ1v) is 9.37. The van der Waals surface area contributed by atoms with Crippen LogP contribution in [0, 0.1) is 6.92 Å². The third-order valence-corrected chi connectivity index (χ3v) is 4.77. The van der Waals surface area contributed by atoms with Gasteiger partial charge in [0.25, 0.3) is 0 Å². The van der Waals surface area contributed by atoms with Crippen LogP contribution in [-0.2, 0) is 4.74 Å². The second-order valence-electron chi connectivity index (χ2n) is 6.48. The molecule has 3 aromatic rings. The van der Waals surface area contributed by atoms with E-state index in [-0.39, 0.29) is 0 Å². The van der Waals surface area contributed by atoms with Gasteiger partial charge in [-0.1, -0.05) is 41.9 Å². The third-order valence-electron chi connectivity index (χ3n) is 4.53. The van der Waals surface area contributed by atoms with Gasteiger partial charge in [0.15, 0.2) is 5.82 Å². The molecule has 0 unspecified atom stereocenters. The fourth-order valence-electron chi connectivity index (χ4n) is 3.07. The van der Waals surface area contributed by atoms with E-state index in [1.54, 1.807) is 0 Å². The lowest BCUT2D eigenvalue weighted by Gasteiger charge is -2.28. The van der Waals surface area contributed by atoms with Crippen LogP contribution >= 0.6 is 11.6 Å². The number of aryl methyl sites for hydroxylation is 1. The topological polar surface area (TPSA) is 50.3 Å². The largest absolute Gasteiger partial charge is 0.378 e. The number of aromatic nitrogens is 2. The number of benzene rings is 2. The molecule has 0 bridgehead atoms. The Bertz CT molecular complexity index is 927. The van der Waals surface area contributed by atoms with Crippen LogP contribution in [0.1, 0.15) is 5.56 Å². The zero-order valence-electron chi connectivity index (χ0n) is 15.2. The number of hydrogen-bond donors (Lipinski definition) is 1. The lowest BCUT2D eigenvalue weighted by atomic mass is 10.2. The average molecular weight is 381 g/mol. The molecule has 6 heteroatoms. The van der Waals surface area contributed by atoms with E-state index < -0.39 is 0 Å². The molecule has 1 aromatic heterocycles. The molecule has 0 radical (unpaired) electrons. The smallest absolute Gasteiger partial charge is 0.163 e. The summed E-state index contributed by atoms with van der Waals surface area (Å²) < 4.78 is 5.48. The van der Waals surface area contributed by atoms with Crippen molar-refractivity contribution in [1.29, 1.82) is 0 Å². The highest BCUT2D eigenvalue weighted by Crippen LogP contribution is 2.27. The van der Waals surface area contributed by atoms with Crippen molar-refractivity contribution >= 4 is 28.9 Å². The first kappa shape index (κ1) is 17.8. The fraction of sp³-hybridized carbons (Fsp3) is 0.238. The number of morpholine rings is 1. The molecule has 1 N–H and O–H groups in total. The van der Waals surface area contributed by atoms with E-state index in [0.717, 1.165) is 46.6 Å². The standard InChI is InChI=1S/C21H21ClN4O/c1-15-13-17(22)7-8-18(15)23-19-14-20(26-9-11-27-12-10-26)25-21(24-19)16-5-3-2-4-6-16/h2-8,13-14H,9-12H2,1H3,(H,23,24,25). The lowest BCUT2D eigenvalue weighted by Crippen LogP contribution is -2.36. The van der Waals surface area contributed by atoms with Crippen LogP contribution in [0.2, 0.25) is 5.02 Å². The molecule has 4 rings (SSSR count). The van der Waals surface area contributed by atoms with Crippen molar-refractivity contribution in [2.45, 2.75) is 6.92 Å². The van der Waals surface area contributed by atoms with Crippen LogP contribution in [-0.4, -0.2) is 36.3 Å². The molecule has 1 fully saturated rings. The Morgan fingerprint density at radius 2 is 1.78 bits per heavy atom. The molecule has 5 nitrogen and oxygen atoms in total. The molecule has 0 spiro atoms. The zero-order chi connectivity index (χ0) is 18.6. The predicted octanol–water partition coefficient (Wildman–Crippen LogP) is 4.69. The summed E-state index contributed by atoms with van der Waals surface area (Å²) in [6.07, 6.45) is 0. The van der Waals surface area contributed by atoms with Crippen molar-refractivity contribution in [3.8, 4) is 11.4 Å². The summed E-state index contributed by atoms with van der Waals surface area (Å²) in [5.74, 6) is 2.37. The van der Waals surface area contributed by atoms with Gasteiger partial charge in [-0.3, -0.25) is 0 Å². The van der Waals surface area contributed by atoms with E-state index in [1.807, 2.05) is 61.5 Å². The summed E-state index contributed by atoms with van der Waals surface area (Å²) in [4.78, 5) is 11.8. The van der Waals surface area contributed by atoms with Gasteiger partial charge in [0.05, 0.1) is 13.2 Å². The van der Waals surface area contributed by atoms with E-state index in [0.29, 0.717) is 19.0 Å². The minimum Gasteiger partial charge on any atom is -0.378 e. The molecule has 27 heavy (non-hydrogen) atoms. The Hall–Kier alpha value is -2.63. The highest BCUT2D eigenvalue weighted by molar-refractivity contribution is 6.30. The summed E-state index contributed by atoms with van der Waals surface area (Å²) in [6.45, 7) is 5.10. The number of nitrogens with zero attached hydrogens (tertiary/aromatic N) is 3. The van der Waals surface area contributed by atoms with Crippen LogP contribution in [0.25, 0.3) is 11.4 Å². The Labute approximate surface area is 164 Å². The van der Waals surface area contributed by atoms with Crippen LogP contribution < -0.4 is 10.2 Å². The maximum Gasteiger partial charge on any atom is 0.163 e. The Balaban J connectivity index is 1.73. The highest BCUT2D eigenvalue weighted by atomic mass is 35.5. The van der Waals surface area contributed by atoms with Gasteiger partial charge >= 0.3 is 0 Å². The Morgan fingerprint density at radius 1 is 1.00 bits per heavy atom. The number of ether oxygens (including phenoxy) is 1. The second kappa shape index (κ2) is 7.94. The summed E-state index contributed by atoms with van der Waals surface area (Å²) in [6, 6.07) is 17.8. The van der Waals surface area contributed by atoms with E-state index >= 15 is 0 Å². The second-order valence-corrected chi connectivity index (χ2v) is 6.92. The van der Waals surface area contributed by atoms with E-state index in [4.69, 9.17) is 26.3 Å². The van der Waals surface area contributed by atoms with E-state index in [2.05, 4.69) is 10.2 Å². The Morgan fingerprint density at radius 3 is 2.52 bits per heavy atom. The SMILES string of the molecule is Cc1cc(Cl)ccc1Nc1cc(N2CCOCC2)nc(-c2ccccc2)n1. The quantitative estimate of drug-likeness (QED) is 0.711. The van der Waals surface area contributed by atoms with E-state index in [1.165, 1.54) is 0 Å². The predicted molar refractivity (Wildman–Crippen MR) is 110 cm³/mol. The minimum atomic E-state index is 0.703. The van der Waals surface area contributed by atoms with Crippen molar-refractivity contribution in [1.82, 2.24) is 9.97 Å². The minimum absolute atomic E-state index is 0.703. The van der Waals surface area contributed by atoms with Gasteiger partial charge in [0.2, 0.25) is 0 Å². The molecule has 0 saturated carbocycles. The van der Waals surface area contributed by atoms with Crippen LogP contribution in [0.4, 0.5) is 17.3 Å². The van der Waals surface area contributed by atoms with Gasteiger partial charge < -0.3 is 15.0 Å². The molecule has 2 heterocycles. The average Bonchev–Trinajstić information content (AvgIpc) is 2.71. The van der Waals surface area contributed by atoms with Crippen molar-refractivity contribution in [3.63, 3.8) is 0 Å². The van der Waals surface area contributed by atoms with Crippen molar-refractivity contribution in [3.05, 3.63) is 65.2 Å². The van der Waals surface area contributed by atoms with Gasteiger partial charge in [-0.05, 0) is 30.7 Å². The number of halogens is 1. The van der Waals surface area contributed by atoms with Gasteiger partial charge in [0.1, 0.15) is 11.6 Å².